The second kappa shape index (κ2) is 8.63. The molecule has 6 heteroatoms. The summed E-state index contributed by atoms with van der Waals surface area (Å²) in [4.78, 5) is 25.1. The Morgan fingerprint density at radius 2 is 1.47 bits per heavy atom. The number of thioether (sulfide) groups is 1. The van der Waals surface area contributed by atoms with Crippen LogP contribution in [-0.4, -0.2) is 17.1 Å². The fourth-order valence-electron chi connectivity index (χ4n) is 3.40. The minimum absolute atomic E-state index is 0.0533. The number of hydrogen-bond acceptors (Lipinski definition) is 4. The van der Waals surface area contributed by atoms with E-state index in [1.807, 2.05) is 79.7 Å². The van der Waals surface area contributed by atoms with Gasteiger partial charge in [-0.25, -0.2) is 0 Å². The number of amides is 2. The van der Waals surface area contributed by atoms with Crippen molar-refractivity contribution in [3.05, 3.63) is 83.9 Å². The maximum absolute atomic E-state index is 13.0. The first-order valence-corrected chi connectivity index (χ1v) is 10.6. The van der Waals surface area contributed by atoms with Crippen LogP contribution in [0.1, 0.15) is 31.0 Å². The molecule has 0 bridgehead atoms. The standard InChI is InChI=1S/C24H22N2O3S/c1-15(30-18-13-11-17(12-14-18)25-16(2)27)24(28)26-23-19-7-3-5-9-21(19)29-22-10-6-4-8-20(22)23/h3-15,23H,1-2H3,(H,25,27)(H,26,28). The Hall–Kier alpha value is -3.25. The summed E-state index contributed by atoms with van der Waals surface area (Å²) in [7, 11) is 0. The SMILES string of the molecule is CC(=O)Nc1ccc(SC(C)C(=O)NC2c3ccccc3Oc3ccccc32)cc1. The van der Waals surface area contributed by atoms with Gasteiger partial charge in [0.25, 0.3) is 0 Å². The van der Waals surface area contributed by atoms with Crippen LogP contribution in [0.25, 0.3) is 0 Å². The summed E-state index contributed by atoms with van der Waals surface area (Å²) >= 11 is 1.47. The molecule has 3 aromatic carbocycles. The minimum Gasteiger partial charge on any atom is -0.457 e. The largest absolute Gasteiger partial charge is 0.457 e. The van der Waals surface area contributed by atoms with Crippen LogP contribution in [0, 0.1) is 0 Å². The molecule has 0 radical (unpaired) electrons. The summed E-state index contributed by atoms with van der Waals surface area (Å²) in [6.45, 7) is 3.36. The summed E-state index contributed by atoms with van der Waals surface area (Å²) in [5.74, 6) is 1.35. The average Bonchev–Trinajstić information content (AvgIpc) is 2.74. The molecule has 0 spiro atoms. The van der Waals surface area contributed by atoms with Gasteiger partial charge in [-0.2, -0.15) is 0 Å². The van der Waals surface area contributed by atoms with E-state index in [-0.39, 0.29) is 23.1 Å². The van der Waals surface area contributed by atoms with Gasteiger partial charge in [0.05, 0.1) is 11.3 Å². The molecule has 2 N–H and O–H groups in total. The fraction of sp³-hybridized carbons (Fsp3) is 0.167. The molecule has 30 heavy (non-hydrogen) atoms. The summed E-state index contributed by atoms with van der Waals surface area (Å²) in [5, 5.41) is 5.64. The van der Waals surface area contributed by atoms with Crippen molar-refractivity contribution >= 4 is 29.3 Å². The van der Waals surface area contributed by atoms with Gasteiger partial charge >= 0.3 is 0 Å². The van der Waals surface area contributed by atoms with E-state index >= 15 is 0 Å². The van der Waals surface area contributed by atoms with Crippen molar-refractivity contribution in [2.75, 3.05) is 5.32 Å². The molecule has 1 atom stereocenters. The molecule has 0 aromatic heterocycles. The number of nitrogens with one attached hydrogen (secondary N) is 2. The molecular weight excluding hydrogens is 396 g/mol. The van der Waals surface area contributed by atoms with Crippen molar-refractivity contribution in [3.63, 3.8) is 0 Å². The number of anilines is 1. The summed E-state index contributed by atoms with van der Waals surface area (Å²) in [6.07, 6.45) is 0. The molecule has 0 fully saturated rings. The lowest BCUT2D eigenvalue weighted by Crippen LogP contribution is -2.36. The average molecular weight is 419 g/mol. The topological polar surface area (TPSA) is 67.4 Å². The van der Waals surface area contributed by atoms with Crippen molar-refractivity contribution in [2.45, 2.75) is 30.0 Å². The van der Waals surface area contributed by atoms with E-state index in [1.54, 1.807) is 0 Å². The maximum atomic E-state index is 13.0. The first-order chi connectivity index (χ1) is 14.5. The number of benzene rings is 3. The Balaban J connectivity index is 1.49. The van der Waals surface area contributed by atoms with E-state index in [0.717, 1.165) is 33.2 Å². The van der Waals surface area contributed by atoms with Gasteiger partial charge in [0.15, 0.2) is 0 Å². The Morgan fingerprint density at radius 3 is 2.03 bits per heavy atom. The quantitative estimate of drug-likeness (QED) is 0.563. The van der Waals surface area contributed by atoms with Gasteiger partial charge in [-0.1, -0.05) is 36.4 Å². The molecule has 0 saturated carbocycles. The minimum atomic E-state index is -0.293. The van der Waals surface area contributed by atoms with Crippen molar-refractivity contribution < 1.29 is 14.3 Å². The van der Waals surface area contributed by atoms with Crippen LogP contribution in [-0.2, 0) is 9.59 Å². The third-order valence-corrected chi connectivity index (χ3v) is 5.94. The van der Waals surface area contributed by atoms with Crippen LogP contribution in [0.4, 0.5) is 5.69 Å². The van der Waals surface area contributed by atoms with Gasteiger partial charge in [-0.15, -0.1) is 11.8 Å². The highest BCUT2D eigenvalue weighted by atomic mass is 32.2. The zero-order valence-corrected chi connectivity index (χ0v) is 17.5. The van der Waals surface area contributed by atoms with Gasteiger partial charge in [0.1, 0.15) is 11.5 Å². The highest BCUT2D eigenvalue weighted by Crippen LogP contribution is 2.42. The monoisotopic (exact) mass is 418 g/mol. The normalized spacial score (nSPS) is 13.4. The molecule has 3 aromatic rings. The zero-order chi connectivity index (χ0) is 21.1. The zero-order valence-electron chi connectivity index (χ0n) is 16.7. The van der Waals surface area contributed by atoms with Crippen LogP contribution >= 0.6 is 11.8 Å². The Labute approximate surface area is 179 Å². The number of ether oxygens (including phenoxy) is 1. The molecule has 1 aliphatic heterocycles. The van der Waals surface area contributed by atoms with Crippen LogP contribution < -0.4 is 15.4 Å². The Bertz CT molecular complexity index is 1040. The summed E-state index contributed by atoms with van der Waals surface area (Å²) in [5.41, 5.74) is 2.63. The van der Waals surface area contributed by atoms with E-state index in [4.69, 9.17) is 4.74 Å². The maximum Gasteiger partial charge on any atom is 0.233 e. The third-order valence-electron chi connectivity index (χ3n) is 4.82. The van der Waals surface area contributed by atoms with Crippen LogP contribution in [0.2, 0.25) is 0 Å². The Kier molecular flexibility index (Phi) is 5.77. The number of para-hydroxylation sites is 2. The predicted octanol–water partition coefficient (Wildman–Crippen LogP) is 5.14. The van der Waals surface area contributed by atoms with Gasteiger partial charge < -0.3 is 15.4 Å². The predicted molar refractivity (Wildman–Crippen MR) is 119 cm³/mol. The molecule has 4 rings (SSSR count). The van der Waals surface area contributed by atoms with Gasteiger partial charge in [-0.3, -0.25) is 9.59 Å². The lowest BCUT2D eigenvalue weighted by Gasteiger charge is -2.29. The van der Waals surface area contributed by atoms with Gasteiger partial charge in [0.2, 0.25) is 11.8 Å². The van der Waals surface area contributed by atoms with Crippen LogP contribution in [0.15, 0.2) is 77.7 Å². The highest BCUT2D eigenvalue weighted by molar-refractivity contribution is 8.00. The van der Waals surface area contributed by atoms with E-state index in [0.29, 0.717) is 0 Å². The molecule has 1 aliphatic rings. The van der Waals surface area contributed by atoms with Crippen LogP contribution in [0.5, 0.6) is 11.5 Å². The second-order valence-electron chi connectivity index (χ2n) is 7.08. The van der Waals surface area contributed by atoms with E-state index < -0.39 is 0 Å². The first-order valence-electron chi connectivity index (χ1n) is 9.71. The first kappa shape index (κ1) is 20.0. The molecule has 1 unspecified atom stereocenters. The number of fused-ring (bicyclic) bond motifs is 2. The third kappa shape index (κ3) is 4.33. The number of hydrogen-bond donors (Lipinski definition) is 2. The highest BCUT2D eigenvalue weighted by Gasteiger charge is 2.29. The van der Waals surface area contributed by atoms with Crippen LogP contribution in [0.3, 0.4) is 0 Å². The van der Waals surface area contributed by atoms with E-state index in [2.05, 4.69) is 10.6 Å². The Morgan fingerprint density at radius 1 is 0.900 bits per heavy atom. The number of rotatable bonds is 5. The molecule has 2 amide bonds. The van der Waals surface area contributed by atoms with Crippen molar-refractivity contribution in [3.8, 4) is 11.5 Å². The van der Waals surface area contributed by atoms with Crippen molar-refractivity contribution in [1.29, 1.82) is 0 Å². The lowest BCUT2D eigenvalue weighted by atomic mass is 9.94. The second-order valence-corrected chi connectivity index (χ2v) is 8.50. The van der Waals surface area contributed by atoms with Crippen molar-refractivity contribution in [1.82, 2.24) is 5.32 Å². The van der Waals surface area contributed by atoms with E-state index in [9.17, 15) is 9.59 Å². The summed E-state index contributed by atoms with van der Waals surface area (Å²) in [6, 6.07) is 22.7. The summed E-state index contributed by atoms with van der Waals surface area (Å²) < 4.78 is 6.00. The molecule has 152 valence electrons. The van der Waals surface area contributed by atoms with Gasteiger partial charge in [0, 0.05) is 28.6 Å². The smallest absolute Gasteiger partial charge is 0.233 e. The number of carbonyl (C=O) groups is 2. The lowest BCUT2D eigenvalue weighted by molar-refractivity contribution is -0.120. The molecule has 1 heterocycles. The molecule has 5 nitrogen and oxygen atoms in total. The molecule has 0 aliphatic carbocycles. The number of carbonyl (C=O) groups excluding carboxylic acids is 2. The van der Waals surface area contributed by atoms with E-state index in [1.165, 1.54) is 18.7 Å². The van der Waals surface area contributed by atoms with Crippen molar-refractivity contribution in [2.24, 2.45) is 0 Å². The fourth-order valence-corrected chi connectivity index (χ4v) is 4.28. The molecule has 0 saturated heterocycles. The molecular formula is C24H22N2O3S. The van der Waals surface area contributed by atoms with Gasteiger partial charge in [-0.05, 0) is 43.3 Å².